The van der Waals surface area contributed by atoms with Crippen LogP contribution >= 0.6 is 0 Å². The highest BCUT2D eigenvalue weighted by atomic mass is 16.2. The summed E-state index contributed by atoms with van der Waals surface area (Å²) in [5, 5.41) is 5.16. The molecule has 1 rings (SSSR count). The summed E-state index contributed by atoms with van der Waals surface area (Å²) in [6.45, 7) is 2.10. The van der Waals surface area contributed by atoms with Crippen LogP contribution in [-0.4, -0.2) is 36.2 Å². The van der Waals surface area contributed by atoms with Crippen molar-refractivity contribution >= 4 is 17.6 Å². The van der Waals surface area contributed by atoms with Crippen molar-refractivity contribution in [2.45, 2.75) is 44.6 Å². The Hall–Kier alpha value is -1.69. The van der Waals surface area contributed by atoms with Crippen LogP contribution in [-0.2, 0) is 14.4 Å². The Kier molecular flexibility index (Phi) is 6.38. The molecule has 0 aliphatic carbocycles. The third-order valence-corrected chi connectivity index (χ3v) is 3.19. The monoisotopic (exact) mass is 281 g/mol. The zero-order valence-corrected chi connectivity index (χ0v) is 11.9. The number of rotatable bonds is 0. The molecule has 1 aliphatic rings. The minimum Gasteiger partial charge on any atom is -0.354 e. The van der Waals surface area contributed by atoms with Gasteiger partial charge in [0, 0.05) is 19.5 Å². The van der Waals surface area contributed by atoms with E-state index in [1.54, 1.807) is 6.92 Å². The summed E-state index contributed by atoms with van der Waals surface area (Å²) in [5.74, 6) is -1.37. The Bertz CT molecular complexity index is 402. The van der Waals surface area contributed by atoms with Gasteiger partial charge in [-0.1, -0.05) is 12.2 Å². The van der Waals surface area contributed by atoms with E-state index in [0.29, 0.717) is 19.4 Å². The lowest BCUT2D eigenvalue weighted by Gasteiger charge is -2.20. The first-order valence-electron chi connectivity index (χ1n) is 6.97. The second-order valence-corrected chi connectivity index (χ2v) is 5.27. The molecule has 0 fully saturated rings. The van der Waals surface area contributed by atoms with Gasteiger partial charge < -0.3 is 16.4 Å². The maximum absolute atomic E-state index is 11.9. The molecule has 0 aromatic carbocycles. The molecule has 0 aromatic heterocycles. The molecular formula is C14H23N3O3. The van der Waals surface area contributed by atoms with Crippen LogP contribution in [0.4, 0.5) is 0 Å². The molecule has 0 saturated heterocycles. The number of allylic oxidation sites excluding steroid dienone is 1. The van der Waals surface area contributed by atoms with Crippen molar-refractivity contribution in [2.75, 3.05) is 13.1 Å². The van der Waals surface area contributed by atoms with Crippen LogP contribution in [0.25, 0.3) is 0 Å². The lowest BCUT2D eigenvalue weighted by molar-refractivity contribution is -0.140. The van der Waals surface area contributed by atoms with E-state index in [9.17, 15) is 14.4 Å². The minimum absolute atomic E-state index is 0.0342. The van der Waals surface area contributed by atoms with E-state index in [0.717, 1.165) is 19.3 Å². The van der Waals surface area contributed by atoms with Gasteiger partial charge in [-0.05, 0) is 32.6 Å². The molecular weight excluding hydrogens is 258 g/mol. The third-order valence-electron chi connectivity index (χ3n) is 3.19. The molecule has 0 spiro atoms. The van der Waals surface area contributed by atoms with Crippen LogP contribution in [0.1, 0.15) is 39.0 Å². The fourth-order valence-electron chi connectivity index (χ4n) is 1.89. The van der Waals surface area contributed by atoms with Gasteiger partial charge in [0.05, 0.1) is 5.54 Å². The predicted molar refractivity (Wildman–Crippen MR) is 75.8 cm³/mol. The summed E-state index contributed by atoms with van der Waals surface area (Å²) in [6, 6.07) is 0. The third kappa shape index (κ3) is 5.52. The van der Waals surface area contributed by atoms with Crippen LogP contribution in [0, 0.1) is 0 Å². The highest BCUT2D eigenvalue weighted by Gasteiger charge is 2.32. The first-order valence-corrected chi connectivity index (χ1v) is 6.97. The Balaban J connectivity index is 2.65. The van der Waals surface area contributed by atoms with Crippen molar-refractivity contribution < 1.29 is 14.4 Å². The highest BCUT2D eigenvalue weighted by molar-refractivity contribution is 6.39. The summed E-state index contributed by atoms with van der Waals surface area (Å²) in [5.41, 5.74) is 4.69. The van der Waals surface area contributed by atoms with E-state index < -0.39 is 17.2 Å². The number of nitrogens with one attached hydrogen (secondary N) is 2. The minimum atomic E-state index is -1.19. The van der Waals surface area contributed by atoms with Gasteiger partial charge in [-0.3, -0.25) is 14.4 Å². The molecule has 0 radical (unpaired) electrons. The number of carbonyl (C=O) groups is 3. The Morgan fingerprint density at radius 2 is 1.80 bits per heavy atom. The van der Waals surface area contributed by atoms with Gasteiger partial charge in [-0.2, -0.15) is 0 Å². The van der Waals surface area contributed by atoms with E-state index in [2.05, 4.69) is 10.6 Å². The van der Waals surface area contributed by atoms with Crippen molar-refractivity contribution in [2.24, 2.45) is 5.73 Å². The average molecular weight is 281 g/mol. The molecule has 20 heavy (non-hydrogen) atoms. The Morgan fingerprint density at radius 3 is 2.55 bits per heavy atom. The van der Waals surface area contributed by atoms with Crippen molar-refractivity contribution in [3.63, 3.8) is 0 Å². The van der Waals surface area contributed by atoms with Crippen molar-refractivity contribution in [3.8, 4) is 0 Å². The van der Waals surface area contributed by atoms with Crippen LogP contribution in [0.3, 0.4) is 0 Å². The molecule has 0 aromatic rings. The van der Waals surface area contributed by atoms with Gasteiger partial charge in [0.15, 0.2) is 0 Å². The molecule has 1 unspecified atom stereocenters. The second-order valence-electron chi connectivity index (χ2n) is 5.27. The molecule has 2 amide bonds. The second kappa shape index (κ2) is 7.79. The van der Waals surface area contributed by atoms with Crippen LogP contribution in [0.15, 0.2) is 12.2 Å². The summed E-state index contributed by atoms with van der Waals surface area (Å²) < 4.78 is 0. The lowest BCUT2D eigenvalue weighted by Crippen LogP contribution is -2.52. The average Bonchev–Trinajstić information content (AvgIpc) is 2.40. The first kappa shape index (κ1) is 16.4. The van der Waals surface area contributed by atoms with Crippen molar-refractivity contribution in [3.05, 3.63) is 12.2 Å². The Labute approximate surface area is 119 Å². The van der Waals surface area contributed by atoms with Gasteiger partial charge in [0.25, 0.3) is 5.91 Å². The molecule has 1 atom stereocenters. The van der Waals surface area contributed by atoms with Gasteiger partial charge in [0.2, 0.25) is 11.7 Å². The van der Waals surface area contributed by atoms with Gasteiger partial charge in [-0.25, -0.2) is 0 Å². The number of nitrogens with two attached hydrogens (primary N) is 1. The van der Waals surface area contributed by atoms with Gasteiger partial charge >= 0.3 is 0 Å². The zero-order chi connectivity index (χ0) is 15.0. The fraction of sp³-hybridized carbons (Fsp3) is 0.643. The maximum Gasteiger partial charge on any atom is 0.289 e. The van der Waals surface area contributed by atoms with Crippen LogP contribution in [0.5, 0.6) is 0 Å². The van der Waals surface area contributed by atoms with Gasteiger partial charge in [-0.15, -0.1) is 0 Å². The fourth-order valence-corrected chi connectivity index (χ4v) is 1.89. The molecule has 1 aliphatic heterocycles. The zero-order valence-electron chi connectivity index (χ0n) is 11.9. The number of hydrogen-bond acceptors (Lipinski definition) is 4. The molecule has 112 valence electrons. The van der Waals surface area contributed by atoms with E-state index in [1.807, 2.05) is 12.2 Å². The molecule has 0 bridgehead atoms. The smallest absolute Gasteiger partial charge is 0.289 e. The Morgan fingerprint density at radius 1 is 1.10 bits per heavy atom. The van der Waals surface area contributed by atoms with E-state index in [-0.39, 0.29) is 12.5 Å². The van der Waals surface area contributed by atoms with E-state index >= 15 is 0 Å². The lowest BCUT2D eigenvalue weighted by atomic mass is 9.92. The molecule has 6 heteroatoms. The number of hydrogen-bond donors (Lipinski definition) is 3. The summed E-state index contributed by atoms with van der Waals surface area (Å²) >= 11 is 0. The SMILES string of the molecule is CC1(N)C/C=C/CCCCC(=O)NCCNC(=O)C1=O. The van der Waals surface area contributed by atoms with Crippen molar-refractivity contribution in [1.29, 1.82) is 0 Å². The maximum atomic E-state index is 11.9. The molecule has 6 nitrogen and oxygen atoms in total. The van der Waals surface area contributed by atoms with E-state index in [1.165, 1.54) is 0 Å². The first-order chi connectivity index (χ1) is 9.43. The van der Waals surface area contributed by atoms with Crippen LogP contribution in [0.2, 0.25) is 0 Å². The number of amides is 2. The van der Waals surface area contributed by atoms with Crippen molar-refractivity contribution in [1.82, 2.24) is 10.6 Å². The number of carbonyl (C=O) groups excluding carboxylic acids is 3. The normalized spacial score (nSPS) is 28.8. The largest absolute Gasteiger partial charge is 0.354 e. The number of ketones is 1. The van der Waals surface area contributed by atoms with Crippen LogP contribution < -0.4 is 16.4 Å². The van der Waals surface area contributed by atoms with E-state index in [4.69, 9.17) is 5.73 Å². The summed E-state index contributed by atoms with van der Waals surface area (Å²) in [4.78, 5) is 35.0. The summed E-state index contributed by atoms with van der Waals surface area (Å²) in [6.07, 6.45) is 7.14. The molecule has 1 heterocycles. The molecule has 4 N–H and O–H groups in total. The molecule has 0 saturated carbocycles. The highest BCUT2D eigenvalue weighted by Crippen LogP contribution is 2.10. The summed E-state index contributed by atoms with van der Waals surface area (Å²) in [7, 11) is 0. The quantitative estimate of drug-likeness (QED) is 0.430. The topological polar surface area (TPSA) is 101 Å². The predicted octanol–water partition coefficient (Wildman–Crippen LogP) is 0.0256. The number of Topliss-reactive ketones (excluding diaryl/α,β-unsaturated/α-hetero) is 1. The van der Waals surface area contributed by atoms with Gasteiger partial charge in [0.1, 0.15) is 0 Å². The standard InChI is InChI=1S/C14H23N3O3/c1-14(15)8-6-4-2-3-5-7-11(18)16-9-10-17-13(20)12(14)19/h4,6H,2-3,5,7-10,15H2,1H3,(H,16,18)(H,17,20)/b6-4+.